The number of nitrogens with zero attached hydrogens (tertiary/aromatic N) is 2. The molecule has 2 heterocycles. The molecule has 0 saturated heterocycles. The van der Waals surface area contributed by atoms with Crippen molar-refractivity contribution in [1.82, 2.24) is 4.98 Å². The lowest BCUT2D eigenvalue weighted by atomic mass is 10.0. The molecule has 1 N–H and O–H groups in total. The summed E-state index contributed by atoms with van der Waals surface area (Å²) in [5, 5.41) is 2.98. The molecule has 29 heavy (non-hydrogen) atoms. The van der Waals surface area contributed by atoms with Crippen molar-refractivity contribution >= 4 is 28.1 Å². The molecule has 0 aliphatic rings. The molecule has 0 atom stereocenters. The van der Waals surface area contributed by atoms with E-state index < -0.39 is 23.1 Å². The van der Waals surface area contributed by atoms with Gasteiger partial charge in [-0.25, -0.2) is 8.78 Å². The Balaban J connectivity index is 1.88. The molecule has 1 aromatic carbocycles. The number of aryl methyl sites for hydroxylation is 1. The van der Waals surface area contributed by atoms with Crippen molar-refractivity contribution in [2.24, 2.45) is 4.99 Å². The van der Waals surface area contributed by atoms with Crippen LogP contribution in [0.15, 0.2) is 60.6 Å². The number of nitrogens with one attached hydrogen (secondary N) is 1. The van der Waals surface area contributed by atoms with Gasteiger partial charge < -0.3 is 10.1 Å². The van der Waals surface area contributed by atoms with Crippen molar-refractivity contribution in [2.45, 2.75) is 6.92 Å². The molecule has 3 aromatic rings. The van der Waals surface area contributed by atoms with Crippen LogP contribution in [0, 0.1) is 18.6 Å². The van der Waals surface area contributed by atoms with Crippen LogP contribution in [0.2, 0.25) is 0 Å². The summed E-state index contributed by atoms with van der Waals surface area (Å²) < 4.78 is 32.8. The number of carbonyl (C=O) groups is 1. The van der Waals surface area contributed by atoms with Crippen LogP contribution in [0.3, 0.4) is 0 Å². The third-order valence-electron chi connectivity index (χ3n) is 4.07. The van der Waals surface area contributed by atoms with E-state index in [1.165, 1.54) is 17.6 Å². The SMILES string of the molecule is C=CO/C(=N\C)c1ccc(C)c(-c2ccc(NC(=O)c3c(F)cncc3F)s2)c1. The number of pyridine rings is 1. The normalized spacial score (nSPS) is 11.2. The summed E-state index contributed by atoms with van der Waals surface area (Å²) in [6, 6.07) is 9.23. The lowest BCUT2D eigenvalue weighted by Crippen LogP contribution is -2.15. The summed E-state index contributed by atoms with van der Waals surface area (Å²) in [4.78, 5) is 20.6. The predicted octanol–water partition coefficient (Wildman–Crippen LogP) is 5.19. The van der Waals surface area contributed by atoms with E-state index in [1.54, 1.807) is 13.1 Å². The first-order valence-corrected chi connectivity index (χ1v) is 9.32. The van der Waals surface area contributed by atoms with Gasteiger partial charge in [0.2, 0.25) is 5.90 Å². The molecule has 0 unspecified atom stereocenters. The summed E-state index contributed by atoms with van der Waals surface area (Å²) in [5.41, 5.74) is 2.03. The lowest BCUT2D eigenvalue weighted by Gasteiger charge is -2.09. The standard InChI is InChI=1S/C21H17F2N3O2S/c1-4-28-21(24-3)13-6-5-12(2)14(9-13)17-7-8-18(29-17)26-20(27)19-15(22)10-25-11-16(19)23/h4-11H,1H2,2-3H3,(H,26,27)/b24-21-. The minimum absolute atomic E-state index is 0.426. The largest absolute Gasteiger partial charge is 0.447 e. The predicted molar refractivity (Wildman–Crippen MR) is 110 cm³/mol. The molecular weight excluding hydrogens is 396 g/mol. The van der Waals surface area contributed by atoms with Crippen molar-refractivity contribution < 1.29 is 18.3 Å². The Morgan fingerprint density at radius 1 is 1.24 bits per heavy atom. The van der Waals surface area contributed by atoms with Gasteiger partial charge in [-0.05, 0) is 42.3 Å². The van der Waals surface area contributed by atoms with Crippen molar-refractivity contribution in [2.75, 3.05) is 12.4 Å². The third kappa shape index (κ3) is 4.38. The van der Waals surface area contributed by atoms with Gasteiger partial charge in [0.1, 0.15) is 5.56 Å². The highest BCUT2D eigenvalue weighted by Gasteiger charge is 2.19. The van der Waals surface area contributed by atoms with Gasteiger partial charge in [-0.1, -0.05) is 12.6 Å². The smallest absolute Gasteiger partial charge is 0.262 e. The summed E-state index contributed by atoms with van der Waals surface area (Å²) >= 11 is 1.28. The molecule has 2 aromatic heterocycles. The van der Waals surface area contributed by atoms with E-state index in [9.17, 15) is 13.6 Å². The van der Waals surface area contributed by atoms with Gasteiger partial charge in [-0.15, -0.1) is 11.3 Å². The Kier molecular flexibility index (Phi) is 6.13. The van der Waals surface area contributed by atoms with E-state index in [1.807, 2.05) is 31.2 Å². The number of ether oxygens (including phenoxy) is 1. The van der Waals surface area contributed by atoms with Crippen molar-refractivity contribution in [1.29, 1.82) is 0 Å². The topological polar surface area (TPSA) is 63.6 Å². The highest BCUT2D eigenvalue weighted by atomic mass is 32.1. The van der Waals surface area contributed by atoms with E-state index >= 15 is 0 Å². The fourth-order valence-corrected chi connectivity index (χ4v) is 3.68. The Hall–Kier alpha value is -3.39. The molecule has 0 aliphatic carbocycles. The number of halogens is 2. The molecule has 148 valence electrons. The van der Waals surface area contributed by atoms with E-state index in [-0.39, 0.29) is 0 Å². The van der Waals surface area contributed by atoms with Gasteiger partial charge in [-0.2, -0.15) is 0 Å². The highest BCUT2D eigenvalue weighted by Crippen LogP contribution is 2.34. The molecule has 0 spiro atoms. The Morgan fingerprint density at radius 3 is 2.62 bits per heavy atom. The van der Waals surface area contributed by atoms with Crippen LogP contribution in [0.1, 0.15) is 21.5 Å². The molecule has 0 saturated carbocycles. The maximum atomic E-state index is 13.8. The second kappa shape index (κ2) is 8.74. The van der Waals surface area contributed by atoms with Crippen molar-refractivity contribution in [3.05, 3.63) is 83.9 Å². The number of hydrogen-bond donors (Lipinski definition) is 1. The number of aromatic nitrogens is 1. The second-order valence-electron chi connectivity index (χ2n) is 5.94. The Bertz CT molecular complexity index is 1090. The molecule has 0 bridgehead atoms. The fourth-order valence-electron chi connectivity index (χ4n) is 2.70. The zero-order chi connectivity index (χ0) is 21.0. The lowest BCUT2D eigenvalue weighted by molar-refractivity contribution is 0.101. The first-order valence-electron chi connectivity index (χ1n) is 8.50. The van der Waals surface area contributed by atoms with Gasteiger partial charge in [0.25, 0.3) is 5.91 Å². The molecule has 0 fully saturated rings. The summed E-state index contributed by atoms with van der Waals surface area (Å²) in [6.07, 6.45) is 2.90. The minimum atomic E-state index is -1.02. The van der Waals surface area contributed by atoms with Gasteiger partial charge in [-0.3, -0.25) is 14.8 Å². The van der Waals surface area contributed by atoms with Gasteiger partial charge in [0.05, 0.1) is 23.7 Å². The number of benzene rings is 1. The van der Waals surface area contributed by atoms with Crippen LogP contribution in [-0.4, -0.2) is 23.8 Å². The summed E-state index contributed by atoms with van der Waals surface area (Å²) in [5.74, 6) is -2.48. The minimum Gasteiger partial charge on any atom is -0.447 e. The number of anilines is 1. The number of thiophene rings is 1. The van der Waals surface area contributed by atoms with Crippen LogP contribution in [0.5, 0.6) is 0 Å². The number of amides is 1. The van der Waals surface area contributed by atoms with E-state index in [4.69, 9.17) is 4.74 Å². The highest BCUT2D eigenvalue weighted by molar-refractivity contribution is 7.19. The van der Waals surface area contributed by atoms with Gasteiger partial charge >= 0.3 is 0 Å². The first kappa shape index (κ1) is 20.3. The van der Waals surface area contributed by atoms with Crippen LogP contribution < -0.4 is 5.32 Å². The van der Waals surface area contributed by atoms with Crippen LogP contribution >= 0.6 is 11.3 Å². The molecule has 5 nitrogen and oxygen atoms in total. The van der Waals surface area contributed by atoms with Crippen LogP contribution in [0.25, 0.3) is 10.4 Å². The van der Waals surface area contributed by atoms with Crippen molar-refractivity contribution in [3.63, 3.8) is 0 Å². The third-order valence-corrected chi connectivity index (χ3v) is 5.11. The van der Waals surface area contributed by atoms with Crippen molar-refractivity contribution in [3.8, 4) is 10.4 Å². The van der Waals surface area contributed by atoms with E-state index in [2.05, 4.69) is 21.9 Å². The molecule has 0 aliphatic heterocycles. The fraction of sp³-hybridized carbons (Fsp3) is 0.0952. The maximum absolute atomic E-state index is 13.8. The van der Waals surface area contributed by atoms with Crippen LogP contribution in [0.4, 0.5) is 13.8 Å². The van der Waals surface area contributed by atoms with Crippen LogP contribution in [-0.2, 0) is 4.74 Å². The quantitative estimate of drug-likeness (QED) is 0.356. The molecule has 0 radical (unpaired) electrons. The zero-order valence-electron chi connectivity index (χ0n) is 15.7. The first-order chi connectivity index (χ1) is 13.9. The average Bonchev–Trinajstić information content (AvgIpc) is 3.14. The monoisotopic (exact) mass is 413 g/mol. The van der Waals surface area contributed by atoms with Gasteiger partial charge in [0.15, 0.2) is 11.6 Å². The average molecular weight is 413 g/mol. The Labute approximate surface area is 170 Å². The number of carbonyl (C=O) groups excluding carboxylic acids is 1. The molecule has 1 amide bonds. The number of aliphatic imine (C=N–C) groups is 1. The number of hydrogen-bond acceptors (Lipinski definition) is 5. The summed E-state index contributed by atoms with van der Waals surface area (Å²) in [6.45, 7) is 5.50. The second-order valence-corrected chi connectivity index (χ2v) is 7.02. The molecule has 8 heteroatoms. The van der Waals surface area contributed by atoms with E-state index in [0.717, 1.165) is 34.0 Å². The zero-order valence-corrected chi connectivity index (χ0v) is 16.5. The maximum Gasteiger partial charge on any atom is 0.262 e. The summed E-state index contributed by atoms with van der Waals surface area (Å²) in [7, 11) is 1.62. The van der Waals surface area contributed by atoms with E-state index in [0.29, 0.717) is 10.9 Å². The number of rotatable bonds is 5. The Morgan fingerprint density at radius 2 is 1.97 bits per heavy atom. The van der Waals surface area contributed by atoms with Gasteiger partial charge in [0, 0.05) is 17.5 Å². The molecule has 3 rings (SSSR count). The molecular formula is C21H17F2N3O2S.